The molecular formula is C13H20ClN3O. The van der Waals surface area contributed by atoms with Gasteiger partial charge in [-0.15, -0.1) is 0 Å². The van der Waals surface area contributed by atoms with Crippen LogP contribution in [0.5, 0.6) is 0 Å². The second kappa shape index (κ2) is 7.24. The number of halogens is 1. The van der Waals surface area contributed by atoms with Crippen LogP contribution >= 0.6 is 11.6 Å². The number of hydrogen-bond acceptors (Lipinski definition) is 3. The number of anilines is 1. The first kappa shape index (κ1) is 14.8. The van der Waals surface area contributed by atoms with E-state index in [9.17, 15) is 4.79 Å². The van der Waals surface area contributed by atoms with Crippen LogP contribution in [0.1, 0.15) is 18.9 Å². The molecule has 1 amide bonds. The predicted molar refractivity (Wildman–Crippen MR) is 75.9 cm³/mol. The van der Waals surface area contributed by atoms with Crippen LogP contribution in [-0.4, -0.2) is 26.0 Å². The first-order valence-corrected chi connectivity index (χ1v) is 6.41. The smallest absolute Gasteiger partial charge is 0.236 e. The Bertz CT molecular complexity index is 409. The number of primary amides is 1. The largest absolute Gasteiger partial charge is 0.368 e. The Kier molecular flexibility index (Phi) is 5.95. The van der Waals surface area contributed by atoms with Gasteiger partial charge in [-0.1, -0.05) is 18.5 Å². The summed E-state index contributed by atoms with van der Waals surface area (Å²) in [4.78, 5) is 12.8. The third-order valence-corrected chi connectivity index (χ3v) is 2.82. The molecule has 1 aromatic carbocycles. The molecule has 0 aliphatic carbocycles. The highest BCUT2D eigenvalue weighted by atomic mass is 35.5. The minimum absolute atomic E-state index is 0.197. The summed E-state index contributed by atoms with van der Waals surface area (Å²) < 4.78 is 0. The van der Waals surface area contributed by atoms with E-state index in [1.165, 1.54) is 0 Å². The van der Waals surface area contributed by atoms with Gasteiger partial charge in [0.25, 0.3) is 0 Å². The summed E-state index contributed by atoms with van der Waals surface area (Å²) in [5, 5.41) is 4.02. The molecule has 0 saturated heterocycles. The Hall–Kier alpha value is -1.26. The van der Waals surface area contributed by atoms with Gasteiger partial charge in [0, 0.05) is 24.3 Å². The van der Waals surface area contributed by atoms with Crippen LogP contribution in [0.15, 0.2) is 18.2 Å². The maximum atomic E-state index is 11.0. The lowest BCUT2D eigenvalue weighted by atomic mass is 10.1. The zero-order valence-electron chi connectivity index (χ0n) is 10.9. The second-order valence-electron chi connectivity index (χ2n) is 4.27. The van der Waals surface area contributed by atoms with Crippen LogP contribution in [0.4, 0.5) is 5.69 Å². The Labute approximate surface area is 113 Å². The first-order chi connectivity index (χ1) is 8.54. The van der Waals surface area contributed by atoms with Crippen molar-refractivity contribution in [2.75, 3.05) is 25.0 Å². The fourth-order valence-electron chi connectivity index (χ4n) is 1.79. The fraction of sp³-hybridized carbons (Fsp3) is 0.462. The number of carbonyl (C=O) groups is 1. The van der Waals surface area contributed by atoms with Gasteiger partial charge in [-0.05, 0) is 36.7 Å². The van der Waals surface area contributed by atoms with Gasteiger partial charge in [-0.3, -0.25) is 4.79 Å². The molecule has 0 radical (unpaired) electrons. The minimum Gasteiger partial charge on any atom is -0.368 e. The van der Waals surface area contributed by atoms with Crippen molar-refractivity contribution in [2.45, 2.75) is 19.9 Å². The first-order valence-electron chi connectivity index (χ1n) is 6.03. The van der Waals surface area contributed by atoms with E-state index in [1.807, 2.05) is 30.1 Å². The van der Waals surface area contributed by atoms with Crippen molar-refractivity contribution in [3.8, 4) is 0 Å². The minimum atomic E-state index is -0.347. The molecule has 0 aliphatic heterocycles. The number of amides is 1. The number of rotatable bonds is 7. The van der Waals surface area contributed by atoms with Crippen LogP contribution in [0.25, 0.3) is 0 Å². The summed E-state index contributed by atoms with van der Waals surface area (Å²) >= 11 is 6.00. The molecule has 4 nitrogen and oxygen atoms in total. The molecule has 0 atom stereocenters. The third-order valence-electron chi connectivity index (χ3n) is 2.59. The Morgan fingerprint density at radius 1 is 1.50 bits per heavy atom. The standard InChI is InChI=1S/C13H20ClN3O/c1-3-6-16-8-10-7-11(14)4-5-12(10)17(2)9-13(15)18/h4-5,7,16H,3,6,8-9H2,1-2H3,(H2,15,18). The average molecular weight is 270 g/mol. The van der Waals surface area contributed by atoms with Crippen molar-refractivity contribution in [1.29, 1.82) is 0 Å². The number of nitrogens with zero attached hydrogens (tertiary/aromatic N) is 1. The topological polar surface area (TPSA) is 58.4 Å². The maximum absolute atomic E-state index is 11.0. The molecule has 0 heterocycles. The van der Waals surface area contributed by atoms with Crippen LogP contribution < -0.4 is 16.0 Å². The lowest BCUT2D eigenvalue weighted by Crippen LogP contribution is -2.31. The van der Waals surface area contributed by atoms with E-state index in [1.54, 1.807) is 0 Å². The van der Waals surface area contributed by atoms with E-state index in [0.717, 1.165) is 30.8 Å². The summed E-state index contributed by atoms with van der Waals surface area (Å²) in [7, 11) is 1.84. The van der Waals surface area contributed by atoms with E-state index in [0.29, 0.717) is 5.02 Å². The summed E-state index contributed by atoms with van der Waals surface area (Å²) in [6.45, 7) is 3.99. The summed E-state index contributed by atoms with van der Waals surface area (Å²) in [5.41, 5.74) is 7.25. The summed E-state index contributed by atoms with van der Waals surface area (Å²) in [6, 6.07) is 5.64. The summed E-state index contributed by atoms with van der Waals surface area (Å²) in [6.07, 6.45) is 1.08. The van der Waals surface area contributed by atoms with E-state index < -0.39 is 0 Å². The predicted octanol–water partition coefficient (Wildman–Crippen LogP) is 1.76. The number of likely N-dealkylation sites (N-methyl/N-ethyl adjacent to an activating group) is 1. The Balaban J connectivity index is 2.84. The normalized spacial score (nSPS) is 10.4. The number of nitrogens with two attached hydrogens (primary N) is 1. The number of benzene rings is 1. The zero-order valence-corrected chi connectivity index (χ0v) is 11.6. The van der Waals surface area contributed by atoms with Crippen molar-refractivity contribution in [2.24, 2.45) is 5.73 Å². The number of hydrogen-bond donors (Lipinski definition) is 2. The molecule has 0 aliphatic rings. The van der Waals surface area contributed by atoms with Gasteiger partial charge in [-0.2, -0.15) is 0 Å². The average Bonchev–Trinajstić information content (AvgIpc) is 2.28. The lowest BCUT2D eigenvalue weighted by Gasteiger charge is -2.21. The van der Waals surface area contributed by atoms with Gasteiger partial charge >= 0.3 is 0 Å². The SMILES string of the molecule is CCCNCc1cc(Cl)ccc1N(C)CC(N)=O. The molecule has 100 valence electrons. The van der Waals surface area contributed by atoms with Gasteiger partial charge in [0.1, 0.15) is 0 Å². The Morgan fingerprint density at radius 3 is 2.83 bits per heavy atom. The molecule has 3 N–H and O–H groups in total. The van der Waals surface area contributed by atoms with Crippen molar-refractivity contribution in [1.82, 2.24) is 5.32 Å². The second-order valence-corrected chi connectivity index (χ2v) is 4.71. The van der Waals surface area contributed by atoms with E-state index in [2.05, 4.69) is 12.2 Å². The number of carbonyl (C=O) groups excluding carboxylic acids is 1. The van der Waals surface area contributed by atoms with Crippen LogP contribution in [0.3, 0.4) is 0 Å². The van der Waals surface area contributed by atoms with Crippen molar-refractivity contribution < 1.29 is 4.79 Å². The van der Waals surface area contributed by atoms with E-state index in [4.69, 9.17) is 17.3 Å². The molecule has 18 heavy (non-hydrogen) atoms. The highest BCUT2D eigenvalue weighted by Crippen LogP contribution is 2.23. The molecular weight excluding hydrogens is 250 g/mol. The molecule has 1 aromatic rings. The zero-order chi connectivity index (χ0) is 13.5. The molecule has 0 aromatic heterocycles. The molecule has 0 bridgehead atoms. The fourth-order valence-corrected chi connectivity index (χ4v) is 1.98. The van der Waals surface area contributed by atoms with Gasteiger partial charge in [0.05, 0.1) is 6.54 Å². The van der Waals surface area contributed by atoms with Crippen LogP contribution in [-0.2, 0) is 11.3 Å². The van der Waals surface area contributed by atoms with E-state index in [-0.39, 0.29) is 12.5 Å². The van der Waals surface area contributed by atoms with Crippen LogP contribution in [0, 0.1) is 0 Å². The van der Waals surface area contributed by atoms with Crippen molar-refractivity contribution in [3.63, 3.8) is 0 Å². The highest BCUT2D eigenvalue weighted by Gasteiger charge is 2.09. The Morgan fingerprint density at radius 2 is 2.22 bits per heavy atom. The number of nitrogens with one attached hydrogen (secondary N) is 1. The van der Waals surface area contributed by atoms with Crippen LogP contribution in [0.2, 0.25) is 5.02 Å². The third kappa shape index (κ3) is 4.55. The molecule has 1 rings (SSSR count). The quantitative estimate of drug-likeness (QED) is 0.742. The summed E-state index contributed by atoms with van der Waals surface area (Å²) in [5.74, 6) is -0.347. The molecule has 0 spiro atoms. The lowest BCUT2D eigenvalue weighted by molar-refractivity contribution is -0.116. The van der Waals surface area contributed by atoms with Crippen molar-refractivity contribution >= 4 is 23.2 Å². The molecule has 0 saturated carbocycles. The maximum Gasteiger partial charge on any atom is 0.236 e. The molecule has 0 fully saturated rings. The van der Waals surface area contributed by atoms with Gasteiger partial charge < -0.3 is 16.0 Å². The van der Waals surface area contributed by atoms with Gasteiger partial charge in [0.15, 0.2) is 0 Å². The van der Waals surface area contributed by atoms with E-state index >= 15 is 0 Å². The molecule has 5 heteroatoms. The monoisotopic (exact) mass is 269 g/mol. The molecule has 0 unspecified atom stereocenters. The van der Waals surface area contributed by atoms with Gasteiger partial charge in [-0.25, -0.2) is 0 Å². The highest BCUT2D eigenvalue weighted by molar-refractivity contribution is 6.30. The van der Waals surface area contributed by atoms with Crippen molar-refractivity contribution in [3.05, 3.63) is 28.8 Å². The van der Waals surface area contributed by atoms with Gasteiger partial charge in [0.2, 0.25) is 5.91 Å².